The molecular weight excluding hydrogens is 312 g/mol. The molecule has 0 aliphatic carbocycles. The van der Waals surface area contributed by atoms with Gasteiger partial charge in [-0.25, -0.2) is 4.79 Å². The summed E-state index contributed by atoms with van der Waals surface area (Å²) >= 11 is 1.91. The summed E-state index contributed by atoms with van der Waals surface area (Å²) in [4.78, 5) is 24.8. The molecule has 1 aromatic carbocycles. The summed E-state index contributed by atoms with van der Waals surface area (Å²) < 4.78 is 0. The molecule has 2 heterocycles. The molecule has 2 saturated heterocycles. The Balaban J connectivity index is 1.55. The van der Waals surface area contributed by atoms with Gasteiger partial charge in [-0.1, -0.05) is 36.8 Å². The van der Waals surface area contributed by atoms with Crippen LogP contribution in [-0.4, -0.2) is 45.1 Å². The summed E-state index contributed by atoms with van der Waals surface area (Å²) in [5.74, 6) is 0.227. The van der Waals surface area contributed by atoms with Crippen LogP contribution in [0.25, 0.3) is 0 Å². The van der Waals surface area contributed by atoms with Crippen molar-refractivity contribution in [2.75, 3.05) is 5.75 Å². The number of aliphatic carboxylic acids is 1. The fraction of sp³-hybridized carbons (Fsp3) is 0.529. The molecule has 3 rings (SSSR count). The van der Waals surface area contributed by atoms with Crippen LogP contribution in [0.15, 0.2) is 30.3 Å². The monoisotopic (exact) mass is 334 g/mol. The standard InChI is InChI=1S/C17H22N2O3S/c20-15(21)9-5-4-8-14-16-13(11-23-14)19(17(22)18-16)10-12-6-2-1-3-7-12/h1-3,6-7,13-14,16H,4-5,8-11H2,(H,18,22)(H,20,21)/t13-,14-,16-/m1/s1. The molecule has 1 aromatic rings. The van der Waals surface area contributed by atoms with Crippen LogP contribution in [0.3, 0.4) is 0 Å². The lowest BCUT2D eigenvalue weighted by atomic mass is 10.0. The van der Waals surface area contributed by atoms with E-state index in [9.17, 15) is 9.59 Å². The molecule has 0 radical (unpaired) electrons. The zero-order chi connectivity index (χ0) is 16.2. The first-order valence-electron chi connectivity index (χ1n) is 8.09. The Bertz CT molecular complexity index is 566. The number of thioether (sulfide) groups is 1. The Morgan fingerprint density at radius 3 is 2.83 bits per heavy atom. The van der Waals surface area contributed by atoms with Crippen molar-refractivity contribution in [2.45, 2.75) is 49.6 Å². The van der Waals surface area contributed by atoms with Crippen LogP contribution in [0.4, 0.5) is 4.79 Å². The van der Waals surface area contributed by atoms with Crippen molar-refractivity contribution in [1.82, 2.24) is 10.2 Å². The van der Waals surface area contributed by atoms with Crippen LogP contribution in [0.5, 0.6) is 0 Å². The average Bonchev–Trinajstić information content (AvgIpc) is 3.05. The van der Waals surface area contributed by atoms with Gasteiger partial charge in [-0.3, -0.25) is 4.79 Å². The van der Waals surface area contributed by atoms with Crippen molar-refractivity contribution in [2.24, 2.45) is 0 Å². The number of unbranched alkanes of at least 4 members (excludes halogenated alkanes) is 1. The van der Waals surface area contributed by atoms with Gasteiger partial charge >= 0.3 is 12.0 Å². The van der Waals surface area contributed by atoms with E-state index in [1.165, 1.54) is 0 Å². The zero-order valence-corrected chi connectivity index (χ0v) is 13.8. The van der Waals surface area contributed by atoms with Crippen LogP contribution in [0, 0.1) is 0 Å². The van der Waals surface area contributed by atoms with Gasteiger partial charge in [0, 0.05) is 24.0 Å². The molecule has 0 saturated carbocycles. The van der Waals surface area contributed by atoms with Gasteiger partial charge in [0.05, 0.1) is 12.1 Å². The highest BCUT2D eigenvalue weighted by atomic mass is 32.2. The van der Waals surface area contributed by atoms with Gasteiger partial charge in [-0.15, -0.1) is 0 Å². The summed E-state index contributed by atoms with van der Waals surface area (Å²) in [7, 11) is 0. The third kappa shape index (κ3) is 3.80. The van der Waals surface area contributed by atoms with Crippen LogP contribution in [0.2, 0.25) is 0 Å². The molecule has 0 spiro atoms. The molecule has 2 aliphatic rings. The number of hydrogen-bond acceptors (Lipinski definition) is 3. The van der Waals surface area contributed by atoms with E-state index < -0.39 is 5.97 Å². The van der Waals surface area contributed by atoms with Crippen LogP contribution >= 0.6 is 11.8 Å². The molecule has 2 fully saturated rings. The number of carbonyl (C=O) groups is 2. The Morgan fingerprint density at radius 1 is 1.30 bits per heavy atom. The molecule has 6 heteroatoms. The van der Waals surface area contributed by atoms with Gasteiger partial charge in [-0.2, -0.15) is 11.8 Å². The minimum atomic E-state index is -0.731. The topological polar surface area (TPSA) is 69.6 Å². The van der Waals surface area contributed by atoms with E-state index >= 15 is 0 Å². The molecular formula is C17H22N2O3S. The maximum absolute atomic E-state index is 12.3. The van der Waals surface area contributed by atoms with E-state index in [0.29, 0.717) is 18.2 Å². The van der Waals surface area contributed by atoms with Crippen molar-refractivity contribution in [3.63, 3.8) is 0 Å². The second-order valence-corrected chi connectivity index (χ2v) is 7.44. The number of amides is 2. The molecule has 124 valence electrons. The summed E-state index contributed by atoms with van der Waals surface area (Å²) in [6.07, 6.45) is 2.82. The number of fused-ring (bicyclic) bond motifs is 1. The number of nitrogens with one attached hydrogen (secondary N) is 1. The second-order valence-electron chi connectivity index (χ2n) is 6.17. The average molecular weight is 334 g/mol. The van der Waals surface area contributed by atoms with Gasteiger partial charge < -0.3 is 15.3 Å². The summed E-state index contributed by atoms with van der Waals surface area (Å²) in [6.45, 7) is 0.653. The maximum atomic E-state index is 12.3. The highest BCUT2D eigenvalue weighted by Gasteiger charge is 2.47. The lowest BCUT2D eigenvalue weighted by molar-refractivity contribution is -0.137. The number of carboxylic acids is 1. The molecule has 3 atom stereocenters. The Hall–Kier alpha value is -1.69. The number of carbonyl (C=O) groups excluding carboxylic acids is 1. The van der Waals surface area contributed by atoms with E-state index in [1.807, 2.05) is 47.0 Å². The summed E-state index contributed by atoms with van der Waals surface area (Å²) in [5, 5.41) is 12.2. The van der Waals surface area contributed by atoms with Crippen molar-refractivity contribution in [3.05, 3.63) is 35.9 Å². The van der Waals surface area contributed by atoms with Gasteiger partial charge in [0.15, 0.2) is 0 Å². The predicted octanol–water partition coefficient (Wildman–Crippen LogP) is 2.71. The summed E-state index contributed by atoms with van der Waals surface area (Å²) in [6, 6.07) is 10.5. The Labute approximate surface area is 140 Å². The SMILES string of the molecule is O=C(O)CCCC[C@H]1SC[C@@H]2[C@H]1NC(=O)N2Cc1ccccc1. The summed E-state index contributed by atoms with van der Waals surface area (Å²) in [5.41, 5.74) is 1.15. The van der Waals surface area contributed by atoms with Crippen molar-refractivity contribution in [3.8, 4) is 0 Å². The molecule has 2 N–H and O–H groups in total. The fourth-order valence-corrected chi connectivity index (χ4v) is 5.00. The van der Waals surface area contributed by atoms with Crippen molar-refractivity contribution >= 4 is 23.8 Å². The molecule has 5 nitrogen and oxygen atoms in total. The van der Waals surface area contributed by atoms with Crippen molar-refractivity contribution < 1.29 is 14.7 Å². The Morgan fingerprint density at radius 2 is 2.09 bits per heavy atom. The first kappa shape index (κ1) is 16.2. The zero-order valence-electron chi connectivity index (χ0n) is 13.0. The number of nitrogens with zero attached hydrogens (tertiary/aromatic N) is 1. The third-order valence-corrected chi connectivity index (χ3v) is 6.06. The minimum absolute atomic E-state index is 0.0275. The van der Waals surface area contributed by atoms with Gasteiger partial charge in [0.25, 0.3) is 0 Å². The minimum Gasteiger partial charge on any atom is -0.481 e. The smallest absolute Gasteiger partial charge is 0.318 e. The molecule has 0 unspecified atom stereocenters. The predicted molar refractivity (Wildman–Crippen MR) is 90.4 cm³/mol. The van der Waals surface area contributed by atoms with E-state index in [2.05, 4.69) is 5.32 Å². The molecule has 0 bridgehead atoms. The third-order valence-electron chi connectivity index (χ3n) is 4.57. The lowest BCUT2D eigenvalue weighted by Crippen LogP contribution is -2.37. The number of urea groups is 1. The number of carboxylic acid groups (broad SMARTS) is 1. The molecule has 2 aliphatic heterocycles. The highest BCUT2D eigenvalue weighted by molar-refractivity contribution is 8.00. The van der Waals surface area contributed by atoms with Gasteiger partial charge in [-0.05, 0) is 18.4 Å². The Kier molecular flexibility index (Phi) is 5.10. The largest absolute Gasteiger partial charge is 0.481 e. The number of hydrogen-bond donors (Lipinski definition) is 2. The van der Waals surface area contributed by atoms with Gasteiger partial charge in [0.2, 0.25) is 0 Å². The molecule has 23 heavy (non-hydrogen) atoms. The van der Waals surface area contributed by atoms with Crippen LogP contribution in [0.1, 0.15) is 31.2 Å². The quantitative estimate of drug-likeness (QED) is 0.594. The fourth-order valence-electron chi connectivity index (χ4n) is 3.38. The molecule has 2 amide bonds. The van der Waals surface area contributed by atoms with E-state index in [0.717, 1.165) is 24.2 Å². The number of rotatable bonds is 7. The lowest BCUT2D eigenvalue weighted by Gasteiger charge is -2.22. The van der Waals surface area contributed by atoms with E-state index in [1.54, 1.807) is 0 Å². The van der Waals surface area contributed by atoms with Crippen molar-refractivity contribution in [1.29, 1.82) is 0 Å². The van der Waals surface area contributed by atoms with E-state index in [-0.39, 0.29) is 24.5 Å². The molecule has 0 aromatic heterocycles. The maximum Gasteiger partial charge on any atom is 0.318 e. The van der Waals surface area contributed by atoms with Crippen LogP contribution in [-0.2, 0) is 11.3 Å². The van der Waals surface area contributed by atoms with E-state index in [4.69, 9.17) is 5.11 Å². The van der Waals surface area contributed by atoms with Crippen LogP contribution < -0.4 is 5.32 Å². The first-order valence-corrected chi connectivity index (χ1v) is 9.14. The second kappa shape index (κ2) is 7.25. The number of benzene rings is 1. The highest BCUT2D eigenvalue weighted by Crippen LogP contribution is 2.37. The normalized spacial score (nSPS) is 26.2. The first-order chi connectivity index (χ1) is 11.1. The van der Waals surface area contributed by atoms with Gasteiger partial charge in [0.1, 0.15) is 0 Å².